The van der Waals surface area contributed by atoms with Crippen LogP contribution in [-0.4, -0.2) is 39.7 Å². The van der Waals surface area contributed by atoms with E-state index in [4.69, 9.17) is 9.84 Å². The van der Waals surface area contributed by atoms with Gasteiger partial charge in [-0.3, -0.25) is 9.78 Å². The van der Waals surface area contributed by atoms with E-state index in [0.29, 0.717) is 11.5 Å². The third kappa shape index (κ3) is 4.56. The fourth-order valence-corrected chi connectivity index (χ4v) is 4.60. The summed E-state index contributed by atoms with van der Waals surface area (Å²) in [5, 5.41) is 20.6. The molecule has 0 unspecified atom stereocenters. The number of ether oxygens (including phenoxy) is 1. The molecule has 3 aromatic carbocycles. The minimum absolute atomic E-state index is 0.0309. The molecule has 0 bridgehead atoms. The number of pyridine rings is 1. The van der Waals surface area contributed by atoms with E-state index in [1.54, 1.807) is 19.5 Å². The molecule has 0 atom stereocenters. The normalized spacial score (nSPS) is 13.0. The molecule has 0 fully saturated rings. The number of nitrogens with zero attached hydrogens (tertiary/aromatic N) is 3. The molecule has 0 saturated carbocycles. The van der Waals surface area contributed by atoms with Crippen LogP contribution in [0.5, 0.6) is 5.75 Å². The minimum atomic E-state index is -0.870. The van der Waals surface area contributed by atoms with Crippen molar-refractivity contribution in [2.45, 2.75) is 6.42 Å². The monoisotopic (exact) mass is 467 g/mol. The third-order valence-electron chi connectivity index (χ3n) is 5.62. The summed E-state index contributed by atoms with van der Waals surface area (Å²) in [6.07, 6.45) is 4.00. The Morgan fingerprint density at radius 1 is 0.941 bits per heavy atom. The zero-order valence-electron chi connectivity index (χ0n) is 18.4. The Morgan fingerprint density at radius 2 is 1.74 bits per heavy atom. The summed E-state index contributed by atoms with van der Waals surface area (Å²) in [5.74, 6) is -0.166. The van der Waals surface area contributed by atoms with Crippen molar-refractivity contribution in [3.8, 4) is 28.0 Å². The van der Waals surface area contributed by atoms with Crippen molar-refractivity contribution in [1.82, 2.24) is 4.98 Å². The summed E-state index contributed by atoms with van der Waals surface area (Å²) in [6, 6.07) is 22.8. The second kappa shape index (κ2) is 9.49. The van der Waals surface area contributed by atoms with E-state index in [0.717, 1.165) is 39.3 Å². The predicted molar refractivity (Wildman–Crippen MR) is 138 cm³/mol. The zero-order valence-corrected chi connectivity index (χ0v) is 19.2. The second-order valence-corrected chi connectivity index (χ2v) is 8.89. The van der Waals surface area contributed by atoms with Crippen molar-refractivity contribution in [2.24, 2.45) is 10.2 Å². The van der Waals surface area contributed by atoms with Gasteiger partial charge < -0.3 is 9.84 Å². The van der Waals surface area contributed by atoms with E-state index in [2.05, 4.69) is 63.7 Å². The molecular weight excluding hydrogens is 446 g/mol. The molecule has 34 heavy (non-hydrogen) atoms. The van der Waals surface area contributed by atoms with Crippen molar-refractivity contribution in [1.29, 1.82) is 0 Å². The van der Waals surface area contributed by atoms with Gasteiger partial charge in [0.2, 0.25) is 0 Å². The van der Waals surface area contributed by atoms with Gasteiger partial charge in [0.25, 0.3) is 0 Å². The lowest BCUT2D eigenvalue weighted by molar-refractivity contribution is -0.133. The number of aromatic nitrogens is 1. The molecule has 0 spiro atoms. The lowest BCUT2D eigenvalue weighted by Crippen LogP contribution is -2.06. The molecule has 5 rings (SSSR count). The minimum Gasteiger partial charge on any atom is -0.496 e. The highest BCUT2D eigenvalue weighted by Gasteiger charge is 2.19. The van der Waals surface area contributed by atoms with E-state index >= 15 is 0 Å². The summed E-state index contributed by atoms with van der Waals surface area (Å²) in [5.41, 5.74) is 5.71. The number of thioether (sulfide) groups is 1. The van der Waals surface area contributed by atoms with Crippen molar-refractivity contribution in [3.63, 3.8) is 0 Å². The maximum atomic E-state index is 10.9. The summed E-state index contributed by atoms with van der Waals surface area (Å²) >= 11 is 1.21. The molecular formula is C27H21N3O3S. The third-order valence-corrected chi connectivity index (χ3v) is 6.57. The van der Waals surface area contributed by atoms with Gasteiger partial charge in [-0.15, -0.1) is 5.10 Å². The summed E-state index contributed by atoms with van der Waals surface area (Å²) < 4.78 is 5.59. The number of fused-ring (bicyclic) bond motifs is 1. The summed E-state index contributed by atoms with van der Waals surface area (Å²) in [7, 11) is 1.65. The Balaban J connectivity index is 1.58. The number of methoxy groups -OCH3 is 1. The Kier molecular flexibility index (Phi) is 6.10. The van der Waals surface area contributed by atoms with Gasteiger partial charge in [0.05, 0.1) is 18.6 Å². The van der Waals surface area contributed by atoms with E-state index in [-0.39, 0.29) is 5.75 Å². The van der Waals surface area contributed by atoms with Crippen LogP contribution in [0.3, 0.4) is 0 Å². The number of carboxylic acid groups (broad SMARTS) is 1. The standard InChI is InChI=1S/C27H21N3O3S/c1-33-25-8-9-28-15-23(25)21-11-20(19-7-6-17-4-2-3-5-18(17)10-19)12-22(13-21)24-14-26(30-29-24)34-16-27(31)32/h2-13,15H,14,16H2,1H3,(H,31,32). The largest absolute Gasteiger partial charge is 0.496 e. The maximum Gasteiger partial charge on any atom is 0.313 e. The molecule has 1 aliphatic heterocycles. The van der Waals surface area contributed by atoms with Crippen LogP contribution in [0.4, 0.5) is 0 Å². The molecule has 1 N–H and O–H groups in total. The van der Waals surface area contributed by atoms with E-state index < -0.39 is 5.97 Å². The highest BCUT2D eigenvalue weighted by molar-refractivity contribution is 8.14. The Bertz CT molecular complexity index is 1460. The number of carboxylic acids is 1. The Hall–Kier alpha value is -3.97. The average molecular weight is 468 g/mol. The van der Waals surface area contributed by atoms with Crippen LogP contribution >= 0.6 is 11.8 Å². The van der Waals surface area contributed by atoms with Gasteiger partial charge in [-0.05, 0) is 63.4 Å². The van der Waals surface area contributed by atoms with Crippen molar-refractivity contribution < 1.29 is 14.6 Å². The molecule has 4 aromatic rings. The van der Waals surface area contributed by atoms with Crippen molar-refractivity contribution in [3.05, 3.63) is 84.7 Å². The fraction of sp³-hybridized carbons (Fsp3) is 0.111. The van der Waals surface area contributed by atoms with Gasteiger partial charge in [0, 0.05) is 24.4 Å². The molecule has 2 heterocycles. The average Bonchev–Trinajstić information content (AvgIpc) is 3.36. The van der Waals surface area contributed by atoms with Crippen LogP contribution in [0.1, 0.15) is 12.0 Å². The van der Waals surface area contributed by atoms with Crippen LogP contribution in [-0.2, 0) is 4.79 Å². The van der Waals surface area contributed by atoms with E-state index in [9.17, 15) is 4.79 Å². The molecule has 1 aromatic heterocycles. The summed E-state index contributed by atoms with van der Waals surface area (Å²) in [4.78, 5) is 15.2. The highest BCUT2D eigenvalue weighted by atomic mass is 32.2. The van der Waals surface area contributed by atoms with Crippen LogP contribution in [0.2, 0.25) is 0 Å². The number of benzene rings is 3. The molecule has 168 valence electrons. The van der Waals surface area contributed by atoms with Gasteiger partial charge in [-0.1, -0.05) is 48.2 Å². The van der Waals surface area contributed by atoms with Gasteiger partial charge in [0.1, 0.15) is 10.8 Å². The van der Waals surface area contributed by atoms with Crippen molar-refractivity contribution in [2.75, 3.05) is 12.9 Å². The van der Waals surface area contributed by atoms with E-state index in [1.165, 1.54) is 22.5 Å². The first-order valence-corrected chi connectivity index (χ1v) is 11.7. The topological polar surface area (TPSA) is 84.1 Å². The number of aliphatic carboxylic acids is 1. The number of rotatable bonds is 6. The van der Waals surface area contributed by atoms with Crippen LogP contribution in [0.25, 0.3) is 33.0 Å². The van der Waals surface area contributed by atoms with Crippen LogP contribution in [0.15, 0.2) is 89.3 Å². The molecule has 0 saturated heterocycles. The Labute approximate surface area is 201 Å². The molecule has 0 amide bonds. The summed E-state index contributed by atoms with van der Waals surface area (Å²) in [6.45, 7) is 0. The van der Waals surface area contributed by atoms with Crippen molar-refractivity contribution >= 4 is 39.3 Å². The molecule has 0 aliphatic carbocycles. The lowest BCUT2D eigenvalue weighted by Gasteiger charge is -2.13. The smallest absolute Gasteiger partial charge is 0.313 e. The molecule has 7 heteroatoms. The van der Waals surface area contributed by atoms with Gasteiger partial charge in [-0.25, -0.2) is 0 Å². The van der Waals surface area contributed by atoms with Gasteiger partial charge in [-0.2, -0.15) is 5.10 Å². The molecule has 1 aliphatic rings. The van der Waals surface area contributed by atoms with Gasteiger partial charge in [0.15, 0.2) is 0 Å². The maximum absolute atomic E-state index is 10.9. The zero-order chi connectivity index (χ0) is 23.5. The Morgan fingerprint density at radius 3 is 2.56 bits per heavy atom. The number of hydrogen-bond acceptors (Lipinski definition) is 6. The number of hydrogen-bond donors (Lipinski definition) is 1. The number of carbonyl (C=O) groups is 1. The van der Waals surface area contributed by atoms with E-state index in [1.807, 2.05) is 18.2 Å². The SMILES string of the molecule is COc1ccncc1-c1cc(C2=NN=C(SCC(=O)O)C2)cc(-c2ccc3ccccc3c2)c1. The van der Waals surface area contributed by atoms with Crippen LogP contribution < -0.4 is 4.74 Å². The fourth-order valence-electron chi connectivity index (χ4n) is 3.98. The van der Waals surface area contributed by atoms with Gasteiger partial charge >= 0.3 is 5.97 Å². The lowest BCUT2D eigenvalue weighted by atomic mass is 9.93. The first-order valence-electron chi connectivity index (χ1n) is 10.7. The van der Waals surface area contributed by atoms with Crippen LogP contribution in [0, 0.1) is 0 Å². The highest BCUT2D eigenvalue weighted by Crippen LogP contribution is 2.35. The first-order chi connectivity index (χ1) is 16.6. The molecule has 0 radical (unpaired) electrons. The molecule has 6 nitrogen and oxygen atoms in total. The first kappa shape index (κ1) is 21.9. The quantitative estimate of drug-likeness (QED) is 0.382. The second-order valence-electron chi connectivity index (χ2n) is 7.84. The predicted octanol–water partition coefficient (Wildman–Crippen LogP) is 5.90.